The lowest BCUT2D eigenvalue weighted by Crippen LogP contribution is -2.48. The fourth-order valence-corrected chi connectivity index (χ4v) is 4.54. The van der Waals surface area contributed by atoms with E-state index in [-0.39, 0.29) is 11.9 Å². The van der Waals surface area contributed by atoms with Crippen molar-refractivity contribution < 1.29 is 4.79 Å². The third-order valence-corrected chi connectivity index (χ3v) is 5.41. The molecule has 0 radical (unpaired) electrons. The summed E-state index contributed by atoms with van der Waals surface area (Å²) in [5, 5.41) is 0. The predicted octanol–water partition coefficient (Wildman–Crippen LogP) is 2.44. The van der Waals surface area contributed by atoms with Gasteiger partial charge in [0.25, 0.3) is 5.91 Å². The molecule has 1 amide bonds. The second-order valence-corrected chi connectivity index (χ2v) is 7.21. The van der Waals surface area contributed by atoms with Gasteiger partial charge in [-0.1, -0.05) is 6.92 Å². The highest BCUT2D eigenvalue weighted by Crippen LogP contribution is 2.31. The van der Waals surface area contributed by atoms with Gasteiger partial charge in [-0.15, -0.1) is 11.3 Å². The minimum Gasteiger partial charge on any atom is -0.336 e. The second kappa shape index (κ2) is 5.25. The molecule has 19 heavy (non-hydrogen) atoms. The Balaban J connectivity index is 1.77. The van der Waals surface area contributed by atoms with Gasteiger partial charge in [-0.2, -0.15) is 0 Å². The van der Waals surface area contributed by atoms with Gasteiger partial charge in [0.05, 0.1) is 4.88 Å². The highest BCUT2D eigenvalue weighted by atomic mass is 32.1. The van der Waals surface area contributed by atoms with Crippen LogP contribution in [0.1, 0.15) is 46.3 Å². The number of piperidine rings is 1. The Kier molecular flexibility index (Phi) is 3.63. The summed E-state index contributed by atoms with van der Waals surface area (Å²) in [6.45, 7) is 3.75. The molecule has 2 N–H and O–H groups in total. The number of hydrogen-bond donors (Lipinski definition) is 1. The van der Waals surface area contributed by atoms with Crippen molar-refractivity contribution in [1.82, 2.24) is 4.90 Å². The third-order valence-electron chi connectivity index (χ3n) is 4.19. The molecule has 2 heterocycles. The van der Waals surface area contributed by atoms with Crippen LogP contribution in [0.5, 0.6) is 0 Å². The highest BCUT2D eigenvalue weighted by Gasteiger charge is 2.28. The van der Waals surface area contributed by atoms with Crippen molar-refractivity contribution in [2.45, 2.75) is 45.1 Å². The van der Waals surface area contributed by atoms with Gasteiger partial charge in [0.2, 0.25) is 0 Å². The van der Waals surface area contributed by atoms with Gasteiger partial charge in [0.1, 0.15) is 0 Å². The van der Waals surface area contributed by atoms with Gasteiger partial charge >= 0.3 is 0 Å². The number of amides is 1. The summed E-state index contributed by atoms with van der Waals surface area (Å²) in [6, 6.07) is 2.27. The molecule has 4 heteroatoms. The van der Waals surface area contributed by atoms with Gasteiger partial charge in [-0.25, -0.2) is 0 Å². The molecule has 0 bridgehead atoms. The van der Waals surface area contributed by atoms with Crippen LogP contribution in [0.4, 0.5) is 0 Å². The van der Waals surface area contributed by atoms with E-state index in [9.17, 15) is 4.79 Å². The molecule has 1 aliphatic carbocycles. The number of fused-ring (bicyclic) bond motifs is 1. The summed E-state index contributed by atoms with van der Waals surface area (Å²) in [5.41, 5.74) is 7.45. The number of thiophene rings is 1. The molecule has 104 valence electrons. The highest BCUT2D eigenvalue weighted by molar-refractivity contribution is 7.14. The van der Waals surface area contributed by atoms with Crippen LogP contribution in [0, 0.1) is 5.92 Å². The summed E-state index contributed by atoms with van der Waals surface area (Å²) in [5.74, 6) is 0.712. The van der Waals surface area contributed by atoms with Gasteiger partial charge in [-0.05, 0) is 49.7 Å². The molecular weight excluding hydrogens is 256 g/mol. The summed E-state index contributed by atoms with van der Waals surface area (Å²) in [7, 11) is 0. The van der Waals surface area contributed by atoms with Crippen molar-refractivity contribution in [2.24, 2.45) is 11.7 Å². The van der Waals surface area contributed by atoms with Crippen LogP contribution in [0.25, 0.3) is 0 Å². The summed E-state index contributed by atoms with van der Waals surface area (Å²) < 4.78 is 0. The van der Waals surface area contributed by atoms with Gasteiger partial charge in [-0.3, -0.25) is 4.79 Å². The van der Waals surface area contributed by atoms with E-state index in [0.717, 1.165) is 30.7 Å². The lowest BCUT2D eigenvalue weighted by molar-refractivity contribution is 0.0666. The molecule has 1 fully saturated rings. The average Bonchev–Trinajstić information content (AvgIpc) is 2.80. The lowest BCUT2D eigenvalue weighted by atomic mass is 9.96. The normalized spacial score (nSPS) is 27.2. The van der Waals surface area contributed by atoms with E-state index >= 15 is 0 Å². The molecule has 1 aromatic heterocycles. The number of nitrogens with zero attached hydrogens (tertiary/aromatic N) is 1. The number of carbonyl (C=O) groups is 1. The van der Waals surface area contributed by atoms with E-state index in [1.54, 1.807) is 11.3 Å². The molecule has 0 spiro atoms. The number of hydrogen-bond acceptors (Lipinski definition) is 3. The number of likely N-dealkylation sites (tertiary alicyclic amines) is 1. The Morgan fingerprint density at radius 1 is 1.37 bits per heavy atom. The molecule has 2 atom stereocenters. The minimum absolute atomic E-state index is 0.141. The molecule has 1 saturated heterocycles. The smallest absolute Gasteiger partial charge is 0.264 e. The van der Waals surface area contributed by atoms with Crippen LogP contribution < -0.4 is 5.73 Å². The number of nitrogens with two attached hydrogens (primary N) is 1. The molecule has 2 aliphatic rings. The van der Waals surface area contributed by atoms with Crippen molar-refractivity contribution in [3.8, 4) is 0 Å². The zero-order chi connectivity index (χ0) is 13.4. The summed E-state index contributed by atoms with van der Waals surface area (Å²) >= 11 is 1.71. The molecular formula is C15H22N2OS. The van der Waals surface area contributed by atoms with Crippen LogP contribution >= 0.6 is 11.3 Å². The largest absolute Gasteiger partial charge is 0.336 e. The van der Waals surface area contributed by atoms with Crippen molar-refractivity contribution in [1.29, 1.82) is 0 Å². The maximum absolute atomic E-state index is 12.6. The first-order valence-electron chi connectivity index (χ1n) is 7.30. The number of rotatable bonds is 1. The van der Waals surface area contributed by atoms with E-state index in [2.05, 4.69) is 13.0 Å². The van der Waals surface area contributed by atoms with E-state index < -0.39 is 0 Å². The average molecular weight is 278 g/mol. The number of aryl methyl sites for hydroxylation is 2. The standard InChI is InChI=1S/C15H22N2OS/c1-10-6-12(16)9-17(8-10)15(18)14-7-11-4-2-3-5-13(11)19-14/h7,10,12H,2-6,8-9,16H2,1H3. The fourth-order valence-electron chi connectivity index (χ4n) is 3.32. The van der Waals surface area contributed by atoms with Gasteiger partial charge in [0.15, 0.2) is 0 Å². The molecule has 3 nitrogen and oxygen atoms in total. The molecule has 1 aromatic rings. The van der Waals surface area contributed by atoms with E-state index in [4.69, 9.17) is 5.73 Å². The Hall–Kier alpha value is -0.870. The van der Waals surface area contributed by atoms with Crippen molar-refractivity contribution >= 4 is 17.2 Å². The molecule has 0 aromatic carbocycles. The van der Waals surface area contributed by atoms with E-state index in [1.807, 2.05) is 4.90 Å². The Morgan fingerprint density at radius 2 is 2.16 bits per heavy atom. The Bertz CT molecular complexity index is 449. The third kappa shape index (κ3) is 2.70. The van der Waals surface area contributed by atoms with Crippen molar-refractivity contribution in [3.63, 3.8) is 0 Å². The van der Waals surface area contributed by atoms with Crippen LogP contribution in [0.2, 0.25) is 0 Å². The first-order valence-corrected chi connectivity index (χ1v) is 8.11. The van der Waals surface area contributed by atoms with E-state index in [1.165, 1.54) is 23.3 Å². The topological polar surface area (TPSA) is 46.3 Å². The molecule has 2 unspecified atom stereocenters. The maximum atomic E-state index is 12.6. The fraction of sp³-hybridized carbons (Fsp3) is 0.667. The quantitative estimate of drug-likeness (QED) is 0.857. The molecule has 3 rings (SSSR count). The predicted molar refractivity (Wildman–Crippen MR) is 78.6 cm³/mol. The van der Waals surface area contributed by atoms with Crippen molar-refractivity contribution in [3.05, 3.63) is 21.4 Å². The van der Waals surface area contributed by atoms with Crippen LogP contribution in [-0.2, 0) is 12.8 Å². The van der Waals surface area contributed by atoms with Crippen LogP contribution in [0.15, 0.2) is 6.07 Å². The Labute approximate surface area is 118 Å². The Morgan fingerprint density at radius 3 is 2.89 bits per heavy atom. The first kappa shape index (κ1) is 13.1. The summed E-state index contributed by atoms with van der Waals surface area (Å²) in [4.78, 5) is 16.9. The zero-order valence-electron chi connectivity index (χ0n) is 11.5. The van der Waals surface area contributed by atoms with Gasteiger partial charge < -0.3 is 10.6 Å². The van der Waals surface area contributed by atoms with Crippen molar-refractivity contribution in [2.75, 3.05) is 13.1 Å². The second-order valence-electron chi connectivity index (χ2n) is 6.08. The monoisotopic (exact) mass is 278 g/mol. The SMILES string of the molecule is CC1CC(N)CN(C(=O)c2cc3c(s2)CCCC3)C1. The first-order chi connectivity index (χ1) is 9.13. The van der Waals surface area contributed by atoms with E-state index in [0.29, 0.717) is 12.5 Å². The molecule has 1 aliphatic heterocycles. The zero-order valence-corrected chi connectivity index (χ0v) is 12.3. The van der Waals surface area contributed by atoms with Crippen LogP contribution in [0.3, 0.4) is 0 Å². The van der Waals surface area contributed by atoms with Crippen LogP contribution in [-0.4, -0.2) is 29.9 Å². The summed E-state index contributed by atoms with van der Waals surface area (Å²) in [6.07, 6.45) is 5.87. The lowest BCUT2D eigenvalue weighted by Gasteiger charge is -2.34. The maximum Gasteiger partial charge on any atom is 0.264 e. The molecule has 0 saturated carbocycles. The minimum atomic E-state index is 0.141. The number of carbonyl (C=O) groups excluding carboxylic acids is 1. The van der Waals surface area contributed by atoms with Gasteiger partial charge in [0, 0.05) is 24.0 Å².